The third kappa shape index (κ3) is 3.77. The average molecular weight is 265 g/mol. The number of anilines is 1. The highest BCUT2D eigenvalue weighted by molar-refractivity contribution is 5.70. The largest absolute Gasteiger partial charge is 0.372 e. The first-order valence-electron chi connectivity index (χ1n) is 5.84. The van der Waals surface area contributed by atoms with Gasteiger partial charge in [0.2, 0.25) is 6.20 Å². The van der Waals surface area contributed by atoms with E-state index in [4.69, 9.17) is 0 Å². The minimum atomic E-state index is -0.592. The maximum absolute atomic E-state index is 10.7. The summed E-state index contributed by atoms with van der Waals surface area (Å²) in [6, 6.07) is 4.36. The van der Waals surface area contributed by atoms with Crippen LogP contribution in [0.1, 0.15) is 19.4 Å². The number of hydrogen-bond acceptors (Lipinski definition) is 5. The number of nitro groups is 2. The minimum Gasteiger partial charge on any atom is -0.372 e. The predicted molar refractivity (Wildman–Crippen MR) is 72.7 cm³/mol. The first kappa shape index (κ1) is 14.6. The Morgan fingerprint density at radius 2 is 1.84 bits per heavy atom. The molecule has 7 nitrogen and oxygen atoms in total. The van der Waals surface area contributed by atoms with Crippen molar-refractivity contribution in [1.29, 1.82) is 0 Å². The molecule has 0 heterocycles. The van der Waals surface area contributed by atoms with Gasteiger partial charge in [-0.15, -0.1) is 0 Å². The van der Waals surface area contributed by atoms with Crippen molar-refractivity contribution >= 4 is 17.5 Å². The zero-order chi connectivity index (χ0) is 14.4. The summed E-state index contributed by atoms with van der Waals surface area (Å²) in [5.74, 6) is 0. The molecule has 1 aromatic rings. The van der Waals surface area contributed by atoms with E-state index in [9.17, 15) is 20.2 Å². The molecular formula is C12H15N3O4. The lowest BCUT2D eigenvalue weighted by Crippen LogP contribution is -2.22. The van der Waals surface area contributed by atoms with Crippen molar-refractivity contribution in [3.05, 3.63) is 50.2 Å². The van der Waals surface area contributed by atoms with Crippen LogP contribution in [-0.4, -0.2) is 22.9 Å². The van der Waals surface area contributed by atoms with E-state index >= 15 is 0 Å². The molecule has 0 saturated heterocycles. The van der Waals surface area contributed by atoms with Gasteiger partial charge < -0.3 is 4.90 Å². The molecule has 7 heteroatoms. The van der Waals surface area contributed by atoms with E-state index in [1.54, 1.807) is 6.07 Å². The SMILES string of the molecule is CCN(CC)c1ccc([N+](=O)[O-])cc1/C=C\[N+](=O)[O-]. The van der Waals surface area contributed by atoms with Gasteiger partial charge in [0, 0.05) is 42.5 Å². The second kappa shape index (κ2) is 6.48. The molecule has 1 rings (SSSR count). The monoisotopic (exact) mass is 265 g/mol. The third-order valence-electron chi connectivity index (χ3n) is 2.70. The fourth-order valence-corrected chi connectivity index (χ4v) is 1.78. The Balaban J connectivity index is 3.29. The summed E-state index contributed by atoms with van der Waals surface area (Å²) >= 11 is 0. The second-order valence-electron chi connectivity index (χ2n) is 3.77. The smallest absolute Gasteiger partial charge is 0.270 e. The van der Waals surface area contributed by atoms with Crippen LogP contribution < -0.4 is 4.90 Å². The molecule has 0 radical (unpaired) electrons. The Hall–Kier alpha value is -2.44. The van der Waals surface area contributed by atoms with E-state index < -0.39 is 9.85 Å². The number of non-ortho nitro benzene ring substituents is 1. The van der Waals surface area contributed by atoms with Crippen molar-refractivity contribution in [2.75, 3.05) is 18.0 Å². The fourth-order valence-electron chi connectivity index (χ4n) is 1.78. The van der Waals surface area contributed by atoms with Gasteiger partial charge in [0.15, 0.2) is 0 Å². The summed E-state index contributed by atoms with van der Waals surface area (Å²) in [7, 11) is 0. The van der Waals surface area contributed by atoms with Gasteiger partial charge in [-0.3, -0.25) is 20.2 Å². The first-order valence-corrected chi connectivity index (χ1v) is 5.84. The van der Waals surface area contributed by atoms with Crippen LogP contribution in [0, 0.1) is 20.2 Å². The highest BCUT2D eigenvalue weighted by Crippen LogP contribution is 2.26. The van der Waals surface area contributed by atoms with Crippen molar-refractivity contribution in [2.45, 2.75) is 13.8 Å². The third-order valence-corrected chi connectivity index (χ3v) is 2.70. The van der Waals surface area contributed by atoms with Crippen molar-refractivity contribution in [2.24, 2.45) is 0 Å². The van der Waals surface area contributed by atoms with Crippen molar-refractivity contribution in [3.63, 3.8) is 0 Å². The molecule has 0 atom stereocenters. The van der Waals surface area contributed by atoms with Gasteiger partial charge in [-0.2, -0.15) is 0 Å². The van der Waals surface area contributed by atoms with Crippen molar-refractivity contribution in [3.8, 4) is 0 Å². The molecule has 0 spiro atoms. The van der Waals surface area contributed by atoms with Gasteiger partial charge in [-0.25, -0.2) is 0 Å². The minimum absolute atomic E-state index is 0.0843. The zero-order valence-electron chi connectivity index (χ0n) is 10.8. The topological polar surface area (TPSA) is 89.5 Å². The van der Waals surface area contributed by atoms with E-state index in [1.165, 1.54) is 18.2 Å². The van der Waals surface area contributed by atoms with E-state index in [1.807, 2.05) is 18.7 Å². The van der Waals surface area contributed by atoms with Gasteiger partial charge in [-0.05, 0) is 19.9 Å². The summed E-state index contributed by atoms with van der Waals surface area (Å²) < 4.78 is 0. The van der Waals surface area contributed by atoms with Crippen molar-refractivity contribution < 1.29 is 9.85 Å². The van der Waals surface area contributed by atoms with Gasteiger partial charge >= 0.3 is 0 Å². The molecule has 0 saturated carbocycles. The van der Waals surface area contributed by atoms with E-state index in [2.05, 4.69) is 0 Å². The lowest BCUT2D eigenvalue weighted by molar-refractivity contribution is -0.400. The number of nitro benzene ring substituents is 1. The number of benzene rings is 1. The number of rotatable bonds is 6. The van der Waals surface area contributed by atoms with E-state index in [0.29, 0.717) is 18.7 Å². The van der Waals surface area contributed by atoms with Gasteiger partial charge in [-0.1, -0.05) is 0 Å². The van der Waals surface area contributed by atoms with Crippen molar-refractivity contribution in [1.82, 2.24) is 0 Å². The van der Waals surface area contributed by atoms with Crippen LogP contribution in [0.25, 0.3) is 6.08 Å². The van der Waals surface area contributed by atoms with E-state index in [-0.39, 0.29) is 5.69 Å². The summed E-state index contributed by atoms with van der Waals surface area (Å²) in [6.45, 7) is 5.33. The predicted octanol–water partition coefficient (Wildman–Crippen LogP) is 2.69. The van der Waals surface area contributed by atoms with Gasteiger partial charge in [0.05, 0.1) is 9.85 Å². The van der Waals surface area contributed by atoms with Crippen LogP contribution in [0.4, 0.5) is 11.4 Å². The summed E-state index contributed by atoms with van der Waals surface area (Å²) in [5.41, 5.74) is 1.13. The lowest BCUT2D eigenvalue weighted by atomic mass is 10.1. The second-order valence-corrected chi connectivity index (χ2v) is 3.77. The Morgan fingerprint density at radius 1 is 1.21 bits per heavy atom. The summed E-state index contributed by atoms with van der Waals surface area (Å²) in [6.07, 6.45) is 2.06. The molecule has 0 unspecified atom stereocenters. The number of hydrogen-bond donors (Lipinski definition) is 0. The molecule has 0 aliphatic carbocycles. The highest BCUT2D eigenvalue weighted by atomic mass is 16.6. The van der Waals surface area contributed by atoms with Gasteiger partial charge in [0.25, 0.3) is 5.69 Å². The van der Waals surface area contributed by atoms with Crippen LogP contribution in [0.3, 0.4) is 0 Å². The molecule has 1 aromatic carbocycles. The molecule has 102 valence electrons. The maximum atomic E-state index is 10.7. The summed E-state index contributed by atoms with van der Waals surface area (Å²) in [5, 5.41) is 21.1. The molecular weight excluding hydrogens is 250 g/mol. The maximum Gasteiger partial charge on any atom is 0.270 e. The molecule has 0 aliphatic heterocycles. The molecule has 19 heavy (non-hydrogen) atoms. The highest BCUT2D eigenvalue weighted by Gasteiger charge is 2.13. The Bertz CT molecular complexity index is 510. The van der Waals surface area contributed by atoms with Crippen LogP contribution in [0.5, 0.6) is 0 Å². The first-order chi connectivity index (χ1) is 8.99. The molecule has 0 aliphatic rings. The summed E-state index contributed by atoms with van der Waals surface area (Å²) in [4.78, 5) is 22.0. The average Bonchev–Trinajstić information content (AvgIpc) is 2.38. The van der Waals surface area contributed by atoms with E-state index in [0.717, 1.165) is 11.9 Å². The number of nitrogens with zero attached hydrogens (tertiary/aromatic N) is 3. The van der Waals surface area contributed by atoms with Crippen LogP contribution >= 0.6 is 0 Å². The molecule has 0 aromatic heterocycles. The quantitative estimate of drug-likeness (QED) is 0.582. The van der Waals surface area contributed by atoms with Crippen LogP contribution in [-0.2, 0) is 0 Å². The van der Waals surface area contributed by atoms with Crippen LogP contribution in [0.15, 0.2) is 24.4 Å². The molecule has 0 bridgehead atoms. The lowest BCUT2D eigenvalue weighted by Gasteiger charge is -2.22. The Labute approximate surface area is 110 Å². The zero-order valence-corrected chi connectivity index (χ0v) is 10.8. The Kier molecular flexibility index (Phi) is 4.99. The molecule has 0 fully saturated rings. The Morgan fingerprint density at radius 3 is 2.32 bits per heavy atom. The van der Waals surface area contributed by atoms with Gasteiger partial charge in [0.1, 0.15) is 0 Å². The van der Waals surface area contributed by atoms with Crippen LogP contribution in [0.2, 0.25) is 0 Å². The molecule has 0 N–H and O–H groups in total. The fraction of sp³-hybridized carbons (Fsp3) is 0.333. The standard InChI is InChI=1S/C12H15N3O4/c1-3-13(4-2)12-6-5-11(15(18)19)9-10(12)7-8-14(16)17/h5-9H,3-4H2,1-2H3/b8-7-. The molecule has 0 amide bonds. The normalized spacial score (nSPS) is 10.6.